The molecule has 1 aromatic carbocycles. The molecule has 6 nitrogen and oxygen atoms in total. The van der Waals surface area contributed by atoms with Crippen LogP contribution in [0.25, 0.3) is 0 Å². The van der Waals surface area contributed by atoms with E-state index < -0.39 is 0 Å². The van der Waals surface area contributed by atoms with Gasteiger partial charge in [-0.25, -0.2) is 9.97 Å². The van der Waals surface area contributed by atoms with Crippen molar-refractivity contribution in [3.8, 4) is 5.75 Å². The Morgan fingerprint density at radius 3 is 2.77 bits per heavy atom. The summed E-state index contributed by atoms with van der Waals surface area (Å²) in [7, 11) is 3.95. The largest absolute Gasteiger partial charge is 0.494 e. The van der Waals surface area contributed by atoms with Crippen molar-refractivity contribution in [2.24, 2.45) is 5.41 Å². The number of anilines is 2. The molecule has 1 aliphatic rings. The van der Waals surface area contributed by atoms with Crippen LogP contribution in [0.2, 0.25) is 0 Å². The predicted octanol–water partition coefficient (Wildman–Crippen LogP) is 2.59. The molecule has 0 aliphatic carbocycles. The molecule has 1 aromatic heterocycles. The lowest BCUT2D eigenvalue weighted by molar-refractivity contribution is 0.0792. The number of hydrogen-bond donors (Lipinski definition) is 1. The molecular formula is C20H28N4O2. The number of para-hydroxylation sites is 1. The highest BCUT2D eigenvalue weighted by atomic mass is 16.5. The van der Waals surface area contributed by atoms with Crippen LogP contribution >= 0.6 is 0 Å². The summed E-state index contributed by atoms with van der Waals surface area (Å²) in [5, 5.41) is 10.1. The van der Waals surface area contributed by atoms with E-state index in [-0.39, 0.29) is 12.0 Å². The van der Waals surface area contributed by atoms with E-state index in [4.69, 9.17) is 4.74 Å². The second kappa shape index (κ2) is 8.36. The Morgan fingerprint density at radius 2 is 2.04 bits per heavy atom. The Kier molecular flexibility index (Phi) is 5.93. The summed E-state index contributed by atoms with van der Waals surface area (Å²) in [5.74, 6) is 2.69. The van der Waals surface area contributed by atoms with Gasteiger partial charge in [0.05, 0.1) is 13.2 Å². The average Bonchev–Trinajstić information content (AvgIpc) is 2.69. The van der Waals surface area contributed by atoms with Crippen LogP contribution < -0.4 is 14.5 Å². The Balaban J connectivity index is 1.65. The van der Waals surface area contributed by atoms with Gasteiger partial charge >= 0.3 is 0 Å². The Bertz CT molecular complexity index is 695. The second-order valence-corrected chi connectivity index (χ2v) is 7.22. The van der Waals surface area contributed by atoms with E-state index in [0.717, 1.165) is 49.7 Å². The number of aliphatic hydroxyl groups is 1. The van der Waals surface area contributed by atoms with Crippen molar-refractivity contribution in [1.82, 2.24) is 9.97 Å². The quantitative estimate of drug-likeness (QED) is 0.823. The number of aliphatic hydroxyl groups excluding tert-OH is 1. The molecule has 1 N–H and O–H groups in total. The summed E-state index contributed by atoms with van der Waals surface area (Å²) < 4.78 is 5.87. The second-order valence-electron chi connectivity index (χ2n) is 7.22. The fourth-order valence-corrected chi connectivity index (χ4v) is 3.47. The van der Waals surface area contributed by atoms with Crippen LogP contribution in [-0.2, 0) is 0 Å². The van der Waals surface area contributed by atoms with E-state index in [1.54, 1.807) is 6.33 Å². The van der Waals surface area contributed by atoms with Crippen molar-refractivity contribution in [3.63, 3.8) is 0 Å². The molecule has 2 heterocycles. The normalized spacial score (nSPS) is 20.0. The Hall–Kier alpha value is -2.34. The number of benzene rings is 1. The van der Waals surface area contributed by atoms with E-state index >= 15 is 0 Å². The van der Waals surface area contributed by atoms with Crippen molar-refractivity contribution >= 4 is 11.6 Å². The van der Waals surface area contributed by atoms with Gasteiger partial charge in [0, 0.05) is 38.7 Å². The monoisotopic (exact) mass is 356 g/mol. The molecule has 3 rings (SSSR count). The Morgan fingerprint density at radius 1 is 1.23 bits per heavy atom. The van der Waals surface area contributed by atoms with Crippen molar-refractivity contribution < 1.29 is 9.84 Å². The highest BCUT2D eigenvalue weighted by Crippen LogP contribution is 2.35. The fraction of sp³-hybridized carbons (Fsp3) is 0.500. The molecule has 0 saturated carbocycles. The first-order valence-corrected chi connectivity index (χ1v) is 9.15. The molecule has 0 amide bonds. The van der Waals surface area contributed by atoms with Gasteiger partial charge in [-0.2, -0.15) is 0 Å². The van der Waals surface area contributed by atoms with Gasteiger partial charge in [-0.3, -0.25) is 0 Å². The van der Waals surface area contributed by atoms with E-state index in [1.165, 1.54) is 0 Å². The van der Waals surface area contributed by atoms with Crippen LogP contribution in [-0.4, -0.2) is 55.5 Å². The van der Waals surface area contributed by atoms with Gasteiger partial charge in [0.25, 0.3) is 0 Å². The number of ether oxygens (including phenoxy) is 1. The minimum Gasteiger partial charge on any atom is -0.494 e. The first-order chi connectivity index (χ1) is 12.6. The molecular weight excluding hydrogens is 328 g/mol. The Labute approximate surface area is 155 Å². The maximum absolute atomic E-state index is 10.1. The van der Waals surface area contributed by atoms with Gasteiger partial charge in [-0.15, -0.1) is 0 Å². The lowest BCUT2D eigenvalue weighted by Crippen LogP contribution is -2.46. The van der Waals surface area contributed by atoms with Crippen molar-refractivity contribution in [2.45, 2.75) is 19.3 Å². The number of hydrogen-bond acceptors (Lipinski definition) is 6. The SMILES string of the molecule is CN(C)c1cc(N2CCC[C@](CO)(CCOc3ccccc3)C2)ncn1. The zero-order valence-corrected chi connectivity index (χ0v) is 15.6. The summed E-state index contributed by atoms with van der Waals surface area (Å²) in [4.78, 5) is 13.0. The van der Waals surface area contributed by atoms with Crippen molar-refractivity contribution in [3.05, 3.63) is 42.7 Å². The lowest BCUT2D eigenvalue weighted by atomic mass is 9.78. The summed E-state index contributed by atoms with van der Waals surface area (Å²) in [6, 6.07) is 11.8. The molecule has 1 fully saturated rings. The number of aromatic nitrogens is 2. The topological polar surface area (TPSA) is 61.7 Å². The van der Waals surface area contributed by atoms with E-state index in [1.807, 2.05) is 55.4 Å². The molecule has 1 saturated heterocycles. The molecule has 6 heteroatoms. The van der Waals surface area contributed by atoms with E-state index in [2.05, 4.69) is 14.9 Å². The first-order valence-electron chi connectivity index (χ1n) is 9.15. The lowest BCUT2D eigenvalue weighted by Gasteiger charge is -2.42. The predicted molar refractivity (Wildman–Crippen MR) is 104 cm³/mol. The average molecular weight is 356 g/mol. The third kappa shape index (κ3) is 4.43. The summed E-state index contributed by atoms with van der Waals surface area (Å²) in [6.45, 7) is 2.50. The van der Waals surface area contributed by atoms with Gasteiger partial charge in [0.15, 0.2) is 0 Å². The van der Waals surface area contributed by atoms with E-state index in [9.17, 15) is 5.11 Å². The van der Waals surface area contributed by atoms with Gasteiger partial charge in [-0.1, -0.05) is 18.2 Å². The molecule has 0 bridgehead atoms. The minimum absolute atomic E-state index is 0.156. The number of rotatable bonds is 7. The van der Waals surface area contributed by atoms with Crippen molar-refractivity contribution in [1.29, 1.82) is 0 Å². The summed E-state index contributed by atoms with van der Waals surface area (Å²) >= 11 is 0. The van der Waals surface area contributed by atoms with Crippen LogP contribution in [0.4, 0.5) is 11.6 Å². The van der Waals surface area contributed by atoms with Crippen LogP contribution in [0.3, 0.4) is 0 Å². The zero-order chi connectivity index (χ0) is 18.4. The maximum atomic E-state index is 10.1. The first kappa shape index (κ1) is 18.5. The summed E-state index contributed by atoms with van der Waals surface area (Å²) in [5.41, 5.74) is -0.156. The van der Waals surface area contributed by atoms with Crippen LogP contribution in [0.1, 0.15) is 19.3 Å². The van der Waals surface area contributed by atoms with Crippen LogP contribution in [0, 0.1) is 5.41 Å². The number of piperidine rings is 1. The van der Waals surface area contributed by atoms with Crippen LogP contribution in [0.5, 0.6) is 5.75 Å². The third-order valence-electron chi connectivity index (χ3n) is 5.06. The highest BCUT2D eigenvalue weighted by Gasteiger charge is 2.35. The minimum atomic E-state index is -0.156. The van der Waals surface area contributed by atoms with Gasteiger partial charge in [0.2, 0.25) is 0 Å². The fourth-order valence-electron chi connectivity index (χ4n) is 3.47. The molecule has 0 radical (unpaired) electrons. The van der Waals surface area contributed by atoms with Crippen molar-refractivity contribution in [2.75, 3.05) is 50.2 Å². The standard InChI is InChI=1S/C20H28N4O2/c1-23(2)18-13-19(22-16-21-18)24-11-6-9-20(14-24,15-25)10-12-26-17-7-4-3-5-8-17/h3-5,7-8,13,16,25H,6,9-12,14-15H2,1-2H3/t20-/m0/s1. The van der Waals surface area contributed by atoms with E-state index in [0.29, 0.717) is 6.61 Å². The smallest absolute Gasteiger partial charge is 0.134 e. The number of nitrogens with zero attached hydrogens (tertiary/aromatic N) is 4. The van der Waals surface area contributed by atoms with Gasteiger partial charge < -0.3 is 19.6 Å². The summed E-state index contributed by atoms with van der Waals surface area (Å²) in [6.07, 6.45) is 4.47. The highest BCUT2D eigenvalue weighted by molar-refractivity contribution is 5.49. The maximum Gasteiger partial charge on any atom is 0.134 e. The molecule has 26 heavy (non-hydrogen) atoms. The zero-order valence-electron chi connectivity index (χ0n) is 15.6. The molecule has 0 unspecified atom stereocenters. The molecule has 1 aliphatic heterocycles. The molecule has 0 spiro atoms. The molecule has 2 aromatic rings. The molecule has 140 valence electrons. The third-order valence-corrected chi connectivity index (χ3v) is 5.06. The molecule has 1 atom stereocenters. The van der Waals surface area contributed by atoms with Gasteiger partial charge in [0.1, 0.15) is 23.7 Å². The van der Waals surface area contributed by atoms with Gasteiger partial charge in [-0.05, 0) is 31.4 Å². The van der Waals surface area contributed by atoms with Crippen LogP contribution in [0.15, 0.2) is 42.7 Å².